The van der Waals surface area contributed by atoms with Crippen molar-refractivity contribution in [2.24, 2.45) is 11.7 Å². The molecule has 1 aliphatic rings. The van der Waals surface area contributed by atoms with E-state index in [1.165, 1.54) is 0 Å². The zero-order chi connectivity index (χ0) is 9.90. The minimum atomic E-state index is -2.54. The van der Waals surface area contributed by atoms with Crippen LogP contribution >= 0.6 is 12.4 Å². The van der Waals surface area contributed by atoms with Gasteiger partial charge in [0, 0.05) is 12.8 Å². The number of hydrogen-bond acceptors (Lipinski definition) is 2. The lowest BCUT2D eigenvalue weighted by molar-refractivity contribution is -0.0148. The normalized spacial score (nSPS) is 28.0. The van der Waals surface area contributed by atoms with Crippen LogP contribution < -0.4 is 5.73 Å². The molecule has 0 aromatic carbocycles. The summed E-state index contributed by atoms with van der Waals surface area (Å²) in [4.78, 5) is 0. The third-order valence-corrected chi connectivity index (χ3v) is 2.66. The van der Waals surface area contributed by atoms with Crippen molar-refractivity contribution in [2.45, 2.75) is 44.1 Å². The number of halogens is 3. The van der Waals surface area contributed by atoms with E-state index in [9.17, 15) is 8.78 Å². The zero-order valence-corrected chi connectivity index (χ0v) is 8.70. The summed E-state index contributed by atoms with van der Waals surface area (Å²) >= 11 is 0. The Morgan fingerprint density at radius 2 is 2.00 bits per heavy atom. The Hall–Kier alpha value is -0.400. The second-order valence-electron chi connectivity index (χ2n) is 3.70. The highest BCUT2D eigenvalue weighted by Crippen LogP contribution is 2.35. The van der Waals surface area contributed by atoms with Crippen LogP contribution in [0.5, 0.6) is 0 Å². The van der Waals surface area contributed by atoms with Gasteiger partial charge in [-0.25, -0.2) is 8.78 Å². The average molecular weight is 225 g/mol. The molecule has 0 saturated heterocycles. The lowest BCUT2D eigenvalue weighted by Crippen LogP contribution is -2.28. The molecule has 0 spiro atoms. The molecule has 0 aliphatic heterocycles. The number of nitrogens with zero attached hydrogens (tertiary/aromatic N) is 1. The summed E-state index contributed by atoms with van der Waals surface area (Å²) in [6.45, 7) is 0. The van der Waals surface area contributed by atoms with Gasteiger partial charge in [0.05, 0.1) is 12.1 Å². The van der Waals surface area contributed by atoms with Crippen molar-refractivity contribution in [3.05, 3.63) is 0 Å². The topological polar surface area (TPSA) is 49.8 Å². The first-order chi connectivity index (χ1) is 6.05. The fourth-order valence-electron chi connectivity index (χ4n) is 1.75. The Balaban J connectivity index is 0.00000169. The largest absolute Gasteiger partial charge is 0.316 e. The van der Waals surface area contributed by atoms with Crippen LogP contribution in [0.2, 0.25) is 0 Å². The molecular formula is C9H15ClF2N2. The summed E-state index contributed by atoms with van der Waals surface area (Å²) in [5.74, 6) is -2.58. The molecule has 1 aliphatic carbocycles. The quantitative estimate of drug-likeness (QED) is 0.696. The molecule has 0 radical (unpaired) electrons. The third kappa shape index (κ3) is 3.77. The van der Waals surface area contributed by atoms with Crippen molar-refractivity contribution in [1.29, 1.82) is 5.26 Å². The number of rotatable bonds is 1. The van der Waals surface area contributed by atoms with Gasteiger partial charge in [0.1, 0.15) is 0 Å². The molecule has 0 aromatic rings. The fourth-order valence-corrected chi connectivity index (χ4v) is 1.75. The van der Waals surface area contributed by atoms with Crippen molar-refractivity contribution in [3.63, 3.8) is 0 Å². The SMILES string of the molecule is Cl.N#C[C@@H](N)[C@H]1CCCC(F)(F)CC1. The summed E-state index contributed by atoms with van der Waals surface area (Å²) in [5, 5.41) is 8.55. The summed E-state index contributed by atoms with van der Waals surface area (Å²) < 4.78 is 25.8. The van der Waals surface area contributed by atoms with Crippen LogP contribution in [0.1, 0.15) is 32.1 Å². The van der Waals surface area contributed by atoms with Crippen LogP contribution in [0.25, 0.3) is 0 Å². The Kier molecular flexibility index (Phi) is 5.32. The number of alkyl halides is 2. The standard InChI is InChI=1S/C9H14F2N2.ClH/c10-9(11)4-1-2-7(3-5-9)8(13)6-12;/h7-8H,1-5,13H2;1H/t7-,8+;/m0./s1. The van der Waals surface area contributed by atoms with Gasteiger partial charge in [0.2, 0.25) is 5.92 Å². The summed E-state index contributed by atoms with van der Waals surface area (Å²) in [5.41, 5.74) is 5.50. The molecule has 2 N–H and O–H groups in total. The molecule has 1 saturated carbocycles. The average Bonchev–Trinajstić information content (AvgIpc) is 2.25. The third-order valence-electron chi connectivity index (χ3n) is 2.66. The Labute approximate surface area is 88.9 Å². The second kappa shape index (κ2) is 5.47. The van der Waals surface area contributed by atoms with Gasteiger partial charge in [-0.15, -0.1) is 12.4 Å². The Morgan fingerprint density at radius 3 is 2.57 bits per heavy atom. The number of nitriles is 1. The van der Waals surface area contributed by atoms with Crippen molar-refractivity contribution < 1.29 is 8.78 Å². The van der Waals surface area contributed by atoms with Gasteiger partial charge in [-0.2, -0.15) is 5.26 Å². The molecule has 5 heteroatoms. The molecule has 0 bridgehead atoms. The number of hydrogen-bond donors (Lipinski definition) is 1. The van der Waals surface area contributed by atoms with Gasteiger partial charge in [-0.1, -0.05) is 0 Å². The molecule has 0 heterocycles. The van der Waals surface area contributed by atoms with E-state index < -0.39 is 12.0 Å². The lowest BCUT2D eigenvalue weighted by atomic mass is 9.93. The van der Waals surface area contributed by atoms with E-state index in [-0.39, 0.29) is 31.2 Å². The second-order valence-corrected chi connectivity index (χ2v) is 3.70. The summed E-state index contributed by atoms with van der Waals surface area (Å²) in [6, 6.07) is 1.35. The minimum Gasteiger partial charge on any atom is -0.316 e. The van der Waals surface area contributed by atoms with Gasteiger partial charge in [0.15, 0.2) is 0 Å². The first-order valence-electron chi connectivity index (χ1n) is 4.58. The van der Waals surface area contributed by atoms with Crippen LogP contribution in [0.4, 0.5) is 8.78 Å². The highest BCUT2D eigenvalue weighted by atomic mass is 35.5. The van der Waals surface area contributed by atoms with E-state index in [0.29, 0.717) is 19.3 Å². The first-order valence-corrected chi connectivity index (χ1v) is 4.58. The van der Waals surface area contributed by atoms with Crippen LogP contribution in [0, 0.1) is 17.2 Å². The molecule has 82 valence electrons. The van der Waals surface area contributed by atoms with Crippen LogP contribution in [-0.2, 0) is 0 Å². The maximum absolute atomic E-state index is 12.9. The lowest BCUT2D eigenvalue weighted by Gasteiger charge is -2.16. The molecule has 1 fully saturated rings. The minimum absolute atomic E-state index is 0. The molecule has 0 amide bonds. The van der Waals surface area contributed by atoms with Crippen molar-refractivity contribution >= 4 is 12.4 Å². The van der Waals surface area contributed by atoms with Crippen molar-refractivity contribution in [3.8, 4) is 6.07 Å². The van der Waals surface area contributed by atoms with Crippen LogP contribution in [0.15, 0.2) is 0 Å². The van der Waals surface area contributed by atoms with Crippen LogP contribution in [0.3, 0.4) is 0 Å². The molecule has 14 heavy (non-hydrogen) atoms. The Morgan fingerprint density at radius 1 is 1.36 bits per heavy atom. The van der Waals surface area contributed by atoms with E-state index in [4.69, 9.17) is 11.0 Å². The highest BCUT2D eigenvalue weighted by molar-refractivity contribution is 5.85. The first kappa shape index (κ1) is 13.6. The van der Waals surface area contributed by atoms with Gasteiger partial charge >= 0.3 is 0 Å². The highest BCUT2D eigenvalue weighted by Gasteiger charge is 2.33. The molecule has 0 aromatic heterocycles. The predicted molar refractivity (Wildman–Crippen MR) is 52.4 cm³/mol. The maximum Gasteiger partial charge on any atom is 0.248 e. The van der Waals surface area contributed by atoms with Crippen molar-refractivity contribution in [1.82, 2.24) is 0 Å². The molecule has 1 rings (SSSR count). The van der Waals surface area contributed by atoms with Crippen LogP contribution in [-0.4, -0.2) is 12.0 Å². The van der Waals surface area contributed by atoms with Crippen molar-refractivity contribution in [2.75, 3.05) is 0 Å². The predicted octanol–water partition coefficient (Wildman–Crippen LogP) is 2.47. The zero-order valence-electron chi connectivity index (χ0n) is 7.88. The Bertz CT molecular complexity index is 215. The monoisotopic (exact) mass is 224 g/mol. The molecule has 0 unspecified atom stereocenters. The smallest absolute Gasteiger partial charge is 0.248 e. The van der Waals surface area contributed by atoms with E-state index >= 15 is 0 Å². The fraction of sp³-hybridized carbons (Fsp3) is 0.889. The summed E-state index contributed by atoms with van der Waals surface area (Å²) in [7, 11) is 0. The van der Waals surface area contributed by atoms with Gasteiger partial charge in [-0.3, -0.25) is 0 Å². The maximum atomic E-state index is 12.9. The van der Waals surface area contributed by atoms with Gasteiger partial charge in [0.25, 0.3) is 0 Å². The van der Waals surface area contributed by atoms with E-state index in [0.717, 1.165) is 0 Å². The number of nitrogens with two attached hydrogens (primary N) is 1. The molecular weight excluding hydrogens is 210 g/mol. The van der Waals surface area contributed by atoms with E-state index in [2.05, 4.69) is 0 Å². The van der Waals surface area contributed by atoms with E-state index in [1.807, 2.05) is 6.07 Å². The molecule has 2 nitrogen and oxygen atoms in total. The van der Waals surface area contributed by atoms with Gasteiger partial charge in [-0.05, 0) is 25.2 Å². The van der Waals surface area contributed by atoms with Gasteiger partial charge < -0.3 is 5.73 Å². The van der Waals surface area contributed by atoms with E-state index in [1.54, 1.807) is 0 Å². The summed E-state index contributed by atoms with van der Waals surface area (Å²) in [6.07, 6.45) is 1.34. The molecule has 2 atom stereocenters.